The Kier molecular flexibility index (Phi) is 8.30. The number of rotatable bonds is 7. The molecule has 1 unspecified atom stereocenters. The second-order valence-electron chi connectivity index (χ2n) is 6.28. The molecule has 0 aliphatic rings. The van der Waals surface area contributed by atoms with Crippen molar-refractivity contribution < 1.29 is 14.7 Å². The molecule has 3 aromatic rings. The topological polar surface area (TPSA) is 49.7 Å². The summed E-state index contributed by atoms with van der Waals surface area (Å²) < 4.78 is 5.93. The molecular formula is C22H24BNaO3. The van der Waals surface area contributed by atoms with Gasteiger partial charge in [-0.05, 0) is 23.1 Å². The van der Waals surface area contributed by atoms with Crippen LogP contribution < -0.4 is 0 Å². The van der Waals surface area contributed by atoms with E-state index < -0.39 is 12.9 Å². The Morgan fingerprint density at radius 1 is 0.778 bits per heavy atom. The maximum absolute atomic E-state index is 9.84. The summed E-state index contributed by atoms with van der Waals surface area (Å²) in [5, 5.41) is 19.7. The minimum atomic E-state index is -1.90. The first-order valence-electron chi connectivity index (χ1n) is 8.88. The van der Waals surface area contributed by atoms with Crippen LogP contribution in [-0.4, -0.2) is 46.9 Å². The molecule has 0 fully saturated rings. The van der Waals surface area contributed by atoms with Gasteiger partial charge in [-0.15, -0.1) is 0 Å². The molecule has 0 spiro atoms. The van der Waals surface area contributed by atoms with Gasteiger partial charge in [-0.25, -0.2) is 0 Å². The zero-order chi connectivity index (χ0) is 18.4. The van der Waals surface area contributed by atoms with Crippen LogP contribution in [0.1, 0.15) is 36.0 Å². The van der Waals surface area contributed by atoms with Gasteiger partial charge in [-0.2, -0.15) is 0 Å². The third-order valence-corrected chi connectivity index (χ3v) is 4.80. The van der Waals surface area contributed by atoms with Crippen molar-refractivity contribution in [3.8, 4) is 0 Å². The normalized spacial score (nSPS) is 12.1. The third kappa shape index (κ3) is 4.72. The Morgan fingerprint density at radius 3 is 1.56 bits per heavy atom. The van der Waals surface area contributed by atoms with E-state index in [4.69, 9.17) is 4.65 Å². The van der Waals surface area contributed by atoms with Crippen LogP contribution >= 0.6 is 0 Å². The number of hydrogen-bond donors (Lipinski definition) is 2. The summed E-state index contributed by atoms with van der Waals surface area (Å²) in [7, 11) is -1.90. The van der Waals surface area contributed by atoms with E-state index in [9.17, 15) is 10.0 Å². The molecule has 3 nitrogen and oxygen atoms in total. The first-order chi connectivity index (χ1) is 12.7. The van der Waals surface area contributed by atoms with E-state index in [2.05, 4.69) is 19.1 Å². The second-order valence-corrected chi connectivity index (χ2v) is 6.28. The van der Waals surface area contributed by atoms with Crippen LogP contribution in [0.2, 0.25) is 0 Å². The molecule has 134 valence electrons. The molecule has 5 heteroatoms. The van der Waals surface area contributed by atoms with Gasteiger partial charge in [0, 0.05) is 5.92 Å². The van der Waals surface area contributed by atoms with Crippen LogP contribution in [0.4, 0.5) is 0 Å². The number of benzene rings is 3. The first kappa shape index (κ1) is 21.9. The van der Waals surface area contributed by atoms with Gasteiger partial charge in [-0.1, -0.05) is 97.9 Å². The van der Waals surface area contributed by atoms with E-state index in [0.717, 1.165) is 23.1 Å². The van der Waals surface area contributed by atoms with E-state index in [0.29, 0.717) is 0 Å². The Morgan fingerprint density at radius 2 is 1.19 bits per heavy atom. The average Bonchev–Trinajstić information content (AvgIpc) is 2.69. The van der Waals surface area contributed by atoms with Gasteiger partial charge in [0.2, 0.25) is 0 Å². The molecule has 3 rings (SSSR count). The van der Waals surface area contributed by atoms with Gasteiger partial charge in [0.15, 0.2) is 0 Å². The van der Waals surface area contributed by atoms with Crippen LogP contribution in [0, 0.1) is 0 Å². The summed E-state index contributed by atoms with van der Waals surface area (Å²) in [6.07, 6.45) is 0.764. The van der Waals surface area contributed by atoms with E-state index in [1.54, 1.807) is 0 Å². The summed E-state index contributed by atoms with van der Waals surface area (Å²) in [6.45, 7) is 2.09. The van der Waals surface area contributed by atoms with E-state index >= 15 is 0 Å². The van der Waals surface area contributed by atoms with Crippen molar-refractivity contribution >= 4 is 36.9 Å². The van der Waals surface area contributed by atoms with Gasteiger partial charge in [0.25, 0.3) is 0 Å². The van der Waals surface area contributed by atoms with Crippen LogP contribution in [0.25, 0.3) is 0 Å². The Balaban J connectivity index is 0.00000261. The zero-order valence-electron chi connectivity index (χ0n) is 14.8. The molecule has 0 amide bonds. The van der Waals surface area contributed by atoms with E-state index in [1.165, 1.54) is 0 Å². The Bertz CT molecular complexity index is 758. The molecule has 0 aliphatic carbocycles. The monoisotopic (exact) mass is 370 g/mol. The SMILES string of the molecule is CCC(c1ccccc1)C(OB(O)O)(c1ccccc1)c1ccccc1.[NaH]. The van der Waals surface area contributed by atoms with E-state index in [-0.39, 0.29) is 35.5 Å². The van der Waals surface area contributed by atoms with Crippen molar-refractivity contribution in [2.75, 3.05) is 0 Å². The van der Waals surface area contributed by atoms with Crippen molar-refractivity contribution in [1.29, 1.82) is 0 Å². The summed E-state index contributed by atoms with van der Waals surface area (Å²) in [5.74, 6) is -0.102. The van der Waals surface area contributed by atoms with Crippen molar-refractivity contribution in [1.82, 2.24) is 0 Å². The van der Waals surface area contributed by atoms with E-state index in [1.807, 2.05) is 78.9 Å². The summed E-state index contributed by atoms with van der Waals surface area (Å²) >= 11 is 0. The quantitative estimate of drug-likeness (QED) is 0.627. The molecule has 0 saturated carbocycles. The van der Waals surface area contributed by atoms with Crippen molar-refractivity contribution in [3.63, 3.8) is 0 Å². The van der Waals surface area contributed by atoms with Crippen LogP contribution in [0.15, 0.2) is 91.0 Å². The summed E-state index contributed by atoms with van der Waals surface area (Å²) in [4.78, 5) is 0. The first-order valence-corrected chi connectivity index (χ1v) is 8.88. The molecule has 0 saturated heterocycles. The number of hydrogen-bond acceptors (Lipinski definition) is 3. The maximum atomic E-state index is 9.84. The molecule has 2 N–H and O–H groups in total. The minimum absolute atomic E-state index is 0. The molecule has 27 heavy (non-hydrogen) atoms. The van der Waals surface area contributed by atoms with Gasteiger partial charge in [-0.3, -0.25) is 0 Å². The van der Waals surface area contributed by atoms with Crippen LogP contribution in [0.5, 0.6) is 0 Å². The zero-order valence-corrected chi connectivity index (χ0v) is 14.8. The van der Waals surface area contributed by atoms with Crippen molar-refractivity contribution in [3.05, 3.63) is 108 Å². The fourth-order valence-electron chi connectivity index (χ4n) is 3.77. The summed E-state index contributed by atoms with van der Waals surface area (Å²) in [6, 6.07) is 29.6. The van der Waals surface area contributed by atoms with Crippen LogP contribution in [0.3, 0.4) is 0 Å². The molecular weight excluding hydrogens is 346 g/mol. The molecule has 0 bridgehead atoms. The molecule has 0 aliphatic heterocycles. The van der Waals surface area contributed by atoms with Gasteiger partial charge in [0.1, 0.15) is 5.60 Å². The second kappa shape index (κ2) is 10.2. The fraction of sp³-hybridized carbons (Fsp3) is 0.182. The fourth-order valence-corrected chi connectivity index (χ4v) is 3.77. The molecule has 0 radical (unpaired) electrons. The van der Waals surface area contributed by atoms with Crippen LogP contribution in [-0.2, 0) is 10.3 Å². The van der Waals surface area contributed by atoms with Gasteiger partial charge < -0.3 is 14.7 Å². The van der Waals surface area contributed by atoms with Gasteiger partial charge >= 0.3 is 36.9 Å². The Labute approximate surface area is 183 Å². The average molecular weight is 370 g/mol. The summed E-state index contributed by atoms with van der Waals surface area (Å²) in [5.41, 5.74) is 1.83. The predicted octanol–water partition coefficient (Wildman–Crippen LogP) is 3.46. The molecule has 0 heterocycles. The Hall–Kier alpha value is -1.40. The van der Waals surface area contributed by atoms with Gasteiger partial charge in [0.05, 0.1) is 0 Å². The molecule has 1 atom stereocenters. The predicted molar refractivity (Wildman–Crippen MR) is 112 cm³/mol. The molecule has 0 aromatic heterocycles. The third-order valence-electron chi connectivity index (χ3n) is 4.80. The standard InChI is InChI=1S/C22H23BO3.Na.H/c1-2-21(18-12-6-3-7-13-18)22(26-23(24)25,19-14-8-4-9-15-19)20-16-10-5-11-17-20;;/h3-17,21,24-25H,2H2,1H3;;. The van der Waals surface area contributed by atoms with Crippen molar-refractivity contribution in [2.24, 2.45) is 0 Å². The van der Waals surface area contributed by atoms with Crippen molar-refractivity contribution in [2.45, 2.75) is 24.9 Å². The molecule has 3 aromatic carbocycles.